The van der Waals surface area contributed by atoms with Crippen LogP contribution in [0.25, 0.3) is 11.4 Å². The van der Waals surface area contributed by atoms with E-state index in [-0.39, 0.29) is 62.9 Å². The molecule has 0 aliphatic carbocycles. The van der Waals surface area contributed by atoms with E-state index in [0.717, 1.165) is 5.56 Å². The molecule has 2 aromatic carbocycles. The van der Waals surface area contributed by atoms with E-state index in [1.165, 1.54) is 19.1 Å². The average molecular weight is 579 g/mol. The molecular formula is C30H38N6O6. The smallest absolute Gasteiger partial charge is 0.251 e. The third-order valence-electron chi connectivity index (χ3n) is 6.85. The molecule has 0 saturated heterocycles. The number of rotatable bonds is 6. The van der Waals surface area contributed by atoms with Crippen molar-refractivity contribution in [1.29, 1.82) is 0 Å². The molecule has 12 nitrogen and oxygen atoms in total. The van der Waals surface area contributed by atoms with Crippen molar-refractivity contribution in [2.75, 3.05) is 47.1 Å². The van der Waals surface area contributed by atoms with E-state index in [2.05, 4.69) is 10.6 Å². The third-order valence-corrected chi connectivity index (χ3v) is 6.85. The number of carbonyl (C=O) groups excluding carboxylic acids is 3. The van der Waals surface area contributed by atoms with Gasteiger partial charge in [0.05, 0.1) is 39.3 Å². The van der Waals surface area contributed by atoms with E-state index in [0.29, 0.717) is 35.3 Å². The number of aromatic nitrogens is 3. The van der Waals surface area contributed by atoms with Crippen LogP contribution in [0.5, 0.6) is 11.5 Å². The van der Waals surface area contributed by atoms with Crippen LogP contribution in [0.2, 0.25) is 0 Å². The molecule has 2 N–H and O–H groups in total. The summed E-state index contributed by atoms with van der Waals surface area (Å²) in [6, 6.07) is 14.0. The number of amides is 3. The monoisotopic (exact) mass is 578 g/mol. The normalized spacial score (nSPS) is 16.6. The molecule has 0 radical (unpaired) electrons. The topological polar surface area (TPSA) is 137 Å². The minimum atomic E-state index is -0.494. The van der Waals surface area contributed by atoms with Gasteiger partial charge in [0.1, 0.15) is 6.61 Å². The number of methoxy groups -OCH3 is 2. The molecule has 0 unspecified atom stereocenters. The number of nitrogens with zero attached hydrogens (tertiary/aromatic N) is 4. The van der Waals surface area contributed by atoms with Crippen molar-refractivity contribution in [2.45, 2.75) is 32.9 Å². The first-order valence-corrected chi connectivity index (χ1v) is 14.0. The van der Waals surface area contributed by atoms with Crippen molar-refractivity contribution in [3.8, 4) is 22.9 Å². The maximum Gasteiger partial charge on any atom is 0.251 e. The first-order chi connectivity index (χ1) is 20.3. The van der Waals surface area contributed by atoms with Crippen LogP contribution >= 0.6 is 0 Å². The average Bonchev–Trinajstić information content (AvgIpc) is 3.41. The minimum Gasteiger partial charge on any atom is -0.493 e. The second-order valence-corrected chi connectivity index (χ2v) is 10.2. The first kappa shape index (κ1) is 30.5. The predicted molar refractivity (Wildman–Crippen MR) is 155 cm³/mol. The zero-order valence-corrected chi connectivity index (χ0v) is 24.5. The van der Waals surface area contributed by atoms with E-state index in [4.69, 9.17) is 24.3 Å². The number of nitrogens with one attached hydrogen (secondary N) is 2. The molecule has 1 aliphatic rings. The van der Waals surface area contributed by atoms with E-state index < -0.39 is 6.04 Å². The molecule has 0 saturated carbocycles. The molecule has 42 heavy (non-hydrogen) atoms. The Morgan fingerprint density at radius 3 is 2.60 bits per heavy atom. The van der Waals surface area contributed by atoms with Gasteiger partial charge in [0.25, 0.3) is 5.91 Å². The van der Waals surface area contributed by atoms with Gasteiger partial charge in [0.2, 0.25) is 11.8 Å². The zero-order chi connectivity index (χ0) is 30.1. The standard InChI is InChI=1S/C30H38N6O6/c1-20(2)27-29-33-28(21-8-6-5-7-9-21)34-36(29)15-17-42-24-18-22(10-11-23(24)41-4)30(39)31-13-14-35(19-25(37)32-27)26(38)12-16-40-3/h5-11,18,20,27H,12-17,19H2,1-4H3,(H,31,39)(H,32,37)/t27-/m1/s1. The summed E-state index contributed by atoms with van der Waals surface area (Å²) in [5.74, 6) is 0.990. The van der Waals surface area contributed by atoms with Crippen LogP contribution in [0.4, 0.5) is 0 Å². The summed E-state index contributed by atoms with van der Waals surface area (Å²) >= 11 is 0. The van der Waals surface area contributed by atoms with Crippen LogP contribution in [0.3, 0.4) is 0 Å². The second-order valence-electron chi connectivity index (χ2n) is 10.2. The Labute approximate surface area is 245 Å². The summed E-state index contributed by atoms with van der Waals surface area (Å²) in [7, 11) is 3.04. The van der Waals surface area contributed by atoms with Gasteiger partial charge in [-0.2, -0.15) is 5.10 Å². The van der Waals surface area contributed by atoms with Gasteiger partial charge in [-0.25, -0.2) is 9.67 Å². The zero-order valence-electron chi connectivity index (χ0n) is 24.5. The lowest BCUT2D eigenvalue weighted by atomic mass is 10.0. The second kappa shape index (κ2) is 14.4. The van der Waals surface area contributed by atoms with Gasteiger partial charge in [0, 0.05) is 31.3 Å². The fourth-order valence-electron chi connectivity index (χ4n) is 4.60. The van der Waals surface area contributed by atoms with Crippen LogP contribution in [-0.4, -0.2) is 84.5 Å². The predicted octanol–water partition coefficient (Wildman–Crippen LogP) is 2.45. The van der Waals surface area contributed by atoms with Gasteiger partial charge in [-0.05, 0) is 24.1 Å². The lowest BCUT2D eigenvalue weighted by Crippen LogP contribution is -2.46. The molecule has 0 fully saturated rings. The van der Waals surface area contributed by atoms with Crippen molar-refractivity contribution in [3.63, 3.8) is 0 Å². The largest absolute Gasteiger partial charge is 0.493 e. The van der Waals surface area contributed by atoms with Crippen LogP contribution in [-0.2, 0) is 20.9 Å². The highest BCUT2D eigenvalue weighted by Gasteiger charge is 2.27. The quantitative estimate of drug-likeness (QED) is 0.455. The summed E-state index contributed by atoms with van der Waals surface area (Å²) in [4.78, 5) is 45.5. The first-order valence-electron chi connectivity index (χ1n) is 14.0. The maximum atomic E-state index is 13.4. The molecule has 0 spiro atoms. The summed E-state index contributed by atoms with van der Waals surface area (Å²) in [5, 5.41) is 10.7. The Morgan fingerprint density at radius 1 is 1.10 bits per heavy atom. The highest BCUT2D eigenvalue weighted by atomic mass is 16.5. The molecule has 3 amide bonds. The number of hydrogen-bond donors (Lipinski definition) is 2. The van der Waals surface area contributed by atoms with Gasteiger partial charge in [-0.1, -0.05) is 44.2 Å². The number of hydrogen-bond acceptors (Lipinski definition) is 8. The van der Waals surface area contributed by atoms with E-state index in [1.807, 2.05) is 44.2 Å². The van der Waals surface area contributed by atoms with Gasteiger partial charge in [0.15, 0.2) is 23.1 Å². The summed E-state index contributed by atoms with van der Waals surface area (Å²) in [5.41, 5.74) is 1.21. The van der Waals surface area contributed by atoms with E-state index in [1.54, 1.807) is 22.9 Å². The maximum absolute atomic E-state index is 13.4. The number of fused-ring (bicyclic) bond motifs is 3. The highest BCUT2D eigenvalue weighted by Crippen LogP contribution is 2.29. The fourth-order valence-corrected chi connectivity index (χ4v) is 4.60. The SMILES string of the molecule is COCCC(=O)N1CCNC(=O)c2ccc(OC)c(c2)OCCn2nc(-c3ccccc3)nc2[C@@H](C(C)C)NC(=O)C1. The van der Waals surface area contributed by atoms with Crippen LogP contribution in [0.15, 0.2) is 48.5 Å². The van der Waals surface area contributed by atoms with Gasteiger partial charge < -0.3 is 29.7 Å². The number of ether oxygens (including phenoxy) is 3. The molecule has 4 rings (SSSR count). The molecule has 12 heteroatoms. The van der Waals surface area contributed by atoms with E-state index >= 15 is 0 Å². The Bertz CT molecular complexity index is 1380. The molecule has 3 aromatic rings. The fraction of sp³-hybridized carbons (Fsp3) is 0.433. The van der Waals surface area contributed by atoms with E-state index in [9.17, 15) is 14.4 Å². The Hall–Kier alpha value is -4.45. The van der Waals surface area contributed by atoms with Gasteiger partial charge >= 0.3 is 0 Å². The molecule has 2 heterocycles. The Morgan fingerprint density at radius 2 is 1.88 bits per heavy atom. The van der Waals surface area contributed by atoms with Crippen molar-refractivity contribution in [3.05, 3.63) is 59.9 Å². The molecule has 224 valence electrons. The number of benzene rings is 2. The Balaban J connectivity index is 1.72. The van der Waals surface area contributed by atoms with Crippen molar-refractivity contribution >= 4 is 17.7 Å². The molecule has 2 bridgehead atoms. The van der Waals surface area contributed by atoms with Crippen molar-refractivity contribution in [2.24, 2.45) is 5.92 Å². The Kier molecular flexibility index (Phi) is 10.5. The third kappa shape index (κ3) is 7.64. The lowest BCUT2D eigenvalue weighted by molar-refractivity contribution is -0.137. The number of carbonyl (C=O) groups is 3. The summed E-state index contributed by atoms with van der Waals surface area (Å²) < 4.78 is 18.3. The van der Waals surface area contributed by atoms with Gasteiger partial charge in [-0.3, -0.25) is 14.4 Å². The van der Waals surface area contributed by atoms with Crippen LogP contribution in [0.1, 0.15) is 42.5 Å². The summed E-state index contributed by atoms with van der Waals surface area (Å²) in [6.07, 6.45) is 0.110. The lowest BCUT2D eigenvalue weighted by Gasteiger charge is -2.26. The summed E-state index contributed by atoms with van der Waals surface area (Å²) in [6.45, 7) is 4.81. The van der Waals surface area contributed by atoms with Gasteiger partial charge in [-0.15, -0.1) is 0 Å². The van der Waals surface area contributed by atoms with Crippen molar-refractivity contribution in [1.82, 2.24) is 30.3 Å². The van der Waals surface area contributed by atoms with Crippen molar-refractivity contribution < 1.29 is 28.6 Å². The molecule has 1 aliphatic heterocycles. The highest BCUT2D eigenvalue weighted by molar-refractivity contribution is 5.95. The minimum absolute atomic E-state index is 0.0442. The molecule has 1 aromatic heterocycles. The molecule has 1 atom stereocenters. The van der Waals surface area contributed by atoms with Crippen LogP contribution < -0.4 is 20.1 Å². The van der Waals surface area contributed by atoms with Crippen LogP contribution in [0, 0.1) is 5.92 Å². The molecular weight excluding hydrogens is 540 g/mol.